The van der Waals surface area contributed by atoms with Gasteiger partial charge in [0.25, 0.3) is 0 Å². The Bertz CT molecular complexity index is 562. The van der Waals surface area contributed by atoms with Crippen molar-refractivity contribution in [3.05, 3.63) is 51.3 Å². The van der Waals surface area contributed by atoms with E-state index in [1.165, 1.54) is 30.3 Å². The summed E-state index contributed by atoms with van der Waals surface area (Å²) in [6, 6.07) is 7.08. The molecule has 0 aliphatic rings. The van der Waals surface area contributed by atoms with Crippen LogP contribution in [0.4, 0.5) is 4.39 Å². The minimum atomic E-state index is -0.640. The lowest BCUT2D eigenvalue weighted by Gasteiger charge is -2.07. The Morgan fingerprint density at radius 2 is 1.71 bits per heavy atom. The lowest BCUT2D eigenvalue weighted by atomic mass is 10.3. The molecule has 88 valence electrons. The van der Waals surface area contributed by atoms with Gasteiger partial charge >= 0.3 is 0 Å². The maximum Gasteiger partial charge on any atom is 0.221 e. The molecule has 0 aliphatic carbocycles. The molecule has 0 N–H and O–H groups in total. The van der Waals surface area contributed by atoms with E-state index < -0.39 is 5.95 Å². The Labute approximate surface area is 112 Å². The van der Waals surface area contributed by atoms with Gasteiger partial charge in [-0.1, -0.05) is 40.9 Å². The fourth-order valence-corrected chi connectivity index (χ4v) is 1.72. The first kappa shape index (κ1) is 12.4. The number of halogens is 4. The zero-order chi connectivity index (χ0) is 12.4. The summed E-state index contributed by atoms with van der Waals surface area (Å²) in [7, 11) is 0. The van der Waals surface area contributed by atoms with Crippen LogP contribution in [0.5, 0.6) is 11.6 Å². The lowest BCUT2D eigenvalue weighted by molar-refractivity contribution is 0.445. The monoisotopic (exact) mass is 291 g/mol. The highest BCUT2D eigenvalue weighted by Crippen LogP contribution is 2.35. The van der Waals surface area contributed by atoms with Crippen LogP contribution in [0.25, 0.3) is 0 Å². The van der Waals surface area contributed by atoms with Gasteiger partial charge in [0.15, 0.2) is 0 Å². The molecule has 2 rings (SSSR count). The third kappa shape index (κ3) is 3.00. The molecule has 0 amide bonds. The SMILES string of the molecule is Fc1cccc(Oc2cc(Cl)c(Cl)cc2Cl)n1. The number of benzene rings is 1. The average molecular weight is 293 g/mol. The number of ether oxygens (including phenoxy) is 1. The van der Waals surface area contributed by atoms with Gasteiger partial charge < -0.3 is 4.74 Å². The molecule has 1 aromatic carbocycles. The Morgan fingerprint density at radius 3 is 2.41 bits per heavy atom. The topological polar surface area (TPSA) is 22.1 Å². The van der Waals surface area contributed by atoms with Gasteiger partial charge in [-0.15, -0.1) is 0 Å². The molecule has 0 bridgehead atoms. The van der Waals surface area contributed by atoms with Crippen molar-refractivity contribution in [2.24, 2.45) is 0 Å². The summed E-state index contributed by atoms with van der Waals surface area (Å²) in [6.45, 7) is 0. The van der Waals surface area contributed by atoms with Crippen LogP contribution in [0, 0.1) is 5.95 Å². The minimum Gasteiger partial charge on any atom is -0.437 e. The van der Waals surface area contributed by atoms with Crippen molar-refractivity contribution in [3.8, 4) is 11.6 Å². The van der Waals surface area contributed by atoms with Crippen LogP contribution in [0.15, 0.2) is 30.3 Å². The number of pyridine rings is 1. The van der Waals surface area contributed by atoms with E-state index in [1.807, 2.05) is 0 Å². The first-order chi connectivity index (χ1) is 8.06. The van der Waals surface area contributed by atoms with Gasteiger partial charge in [0, 0.05) is 12.1 Å². The normalized spacial score (nSPS) is 10.4. The molecule has 0 saturated heterocycles. The van der Waals surface area contributed by atoms with Gasteiger partial charge in [0.2, 0.25) is 11.8 Å². The Morgan fingerprint density at radius 1 is 1.00 bits per heavy atom. The highest BCUT2D eigenvalue weighted by molar-refractivity contribution is 6.43. The molecule has 6 heteroatoms. The van der Waals surface area contributed by atoms with Crippen LogP contribution in [-0.2, 0) is 0 Å². The molecule has 0 fully saturated rings. The fraction of sp³-hybridized carbons (Fsp3) is 0. The van der Waals surface area contributed by atoms with Crippen LogP contribution in [-0.4, -0.2) is 4.98 Å². The summed E-state index contributed by atoms with van der Waals surface area (Å²) in [5.41, 5.74) is 0. The highest BCUT2D eigenvalue weighted by Gasteiger charge is 2.09. The van der Waals surface area contributed by atoms with E-state index in [2.05, 4.69) is 4.98 Å². The molecule has 0 unspecified atom stereocenters. The van der Waals surface area contributed by atoms with Crippen molar-refractivity contribution in [1.29, 1.82) is 0 Å². The summed E-state index contributed by atoms with van der Waals surface area (Å²) in [5, 5.41) is 0.879. The lowest BCUT2D eigenvalue weighted by Crippen LogP contribution is -1.90. The predicted octanol–water partition coefficient (Wildman–Crippen LogP) is 4.97. The zero-order valence-electron chi connectivity index (χ0n) is 8.25. The molecule has 2 nitrogen and oxygen atoms in total. The summed E-state index contributed by atoms with van der Waals surface area (Å²) < 4.78 is 18.1. The second kappa shape index (κ2) is 5.08. The molecule has 17 heavy (non-hydrogen) atoms. The standard InChI is InChI=1S/C11H5Cl3FNO/c12-6-4-8(14)9(5-7(6)13)17-11-3-1-2-10(15)16-11/h1-5H. The van der Waals surface area contributed by atoms with Crippen LogP contribution < -0.4 is 4.74 Å². The first-order valence-electron chi connectivity index (χ1n) is 4.51. The van der Waals surface area contributed by atoms with Crippen molar-refractivity contribution in [3.63, 3.8) is 0 Å². The fourth-order valence-electron chi connectivity index (χ4n) is 1.14. The molecule has 0 atom stereocenters. The van der Waals surface area contributed by atoms with Crippen molar-refractivity contribution in [1.82, 2.24) is 4.98 Å². The second-order valence-corrected chi connectivity index (χ2v) is 4.32. The number of hydrogen-bond donors (Lipinski definition) is 0. The van der Waals surface area contributed by atoms with E-state index in [0.717, 1.165) is 0 Å². The van der Waals surface area contributed by atoms with E-state index in [9.17, 15) is 4.39 Å². The van der Waals surface area contributed by atoms with Gasteiger partial charge in [-0.25, -0.2) is 0 Å². The van der Waals surface area contributed by atoms with Crippen molar-refractivity contribution >= 4 is 34.8 Å². The minimum absolute atomic E-state index is 0.0882. The van der Waals surface area contributed by atoms with Gasteiger partial charge in [-0.2, -0.15) is 9.37 Å². The first-order valence-corrected chi connectivity index (χ1v) is 5.64. The van der Waals surface area contributed by atoms with Gasteiger partial charge in [-0.05, 0) is 12.1 Å². The molecule has 0 radical (unpaired) electrons. The van der Waals surface area contributed by atoms with Gasteiger partial charge in [0.1, 0.15) is 5.75 Å². The highest BCUT2D eigenvalue weighted by atomic mass is 35.5. The quantitative estimate of drug-likeness (QED) is 0.575. The molecule has 0 saturated carbocycles. The molecule has 0 spiro atoms. The molecule has 1 heterocycles. The van der Waals surface area contributed by atoms with Crippen LogP contribution in [0.3, 0.4) is 0 Å². The zero-order valence-corrected chi connectivity index (χ0v) is 10.5. The molecule has 1 aromatic heterocycles. The average Bonchev–Trinajstić information content (AvgIpc) is 2.26. The van der Waals surface area contributed by atoms with E-state index in [0.29, 0.717) is 10.0 Å². The summed E-state index contributed by atoms with van der Waals surface area (Å²) in [4.78, 5) is 3.54. The third-order valence-corrected chi connectivity index (χ3v) is 2.90. The third-order valence-electron chi connectivity index (χ3n) is 1.88. The Balaban J connectivity index is 2.33. The predicted molar refractivity (Wildman–Crippen MR) is 65.7 cm³/mol. The second-order valence-electron chi connectivity index (χ2n) is 3.10. The Hall–Kier alpha value is -1.03. The van der Waals surface area contributed by atoms with Crippen molar-refractivity contribution < 1.29 is 9.13 Å². The Kier molecular flexibility index (Phi) is 3.72. The summed E-state index contributed by atoms with van der Waals surface area (Å²) in [6.07, 6.45) is 0. The van der Waals surface area contributed by atoms with Crippen molar-refractivity contribution in [2.45, 2.75) is 0 Å². The largest absolute Gasteiger partial charge is 0.437 e. The van der Waals surface area contributed by atoms with Gasteiger partial charge in [-0.3, -0.25) is 0 Å². The smallest absolute Gasteiger partial charge is 0.221 e. The van der Waals surface area contributed by atoms with E-state index in [1.54, 1.807) is 0 Å². The molecule has 0 aliphatic heterocycles. The summed E-state index contributed by atoms with van der Waals surface area (Å²) >= 11 is 17.5. The van der Waals surface area contributed by atoms with Crippen LogP contribution in [0.1, 0.15) is 0 Å². The van der Waals surface area contributed by atoms with E-state index >= 15 is 0 Å². The van der Waals surface area contributed by atoms with Crippen LogP contribution in [0.2, 0.25) is 15.1 Å². The van der Waals surface area contributed by atoms with E-state index in [-0.39, 0.29) is 16.7 Å². The number of hydrogen-bond acceptors (Lipinski definition) is 2. The summed E-state index contributed by atoms with van der Waals surface area (Å²) in [5.74, 6) is -0.289. The van der Waals surface area contributed by atoms with E-state index in [4.69, 9.17) is 39.5 Å². The van der Waals surface area contributed by atoms with Crippen molar-refractivity contribution in [2.75, 3.05) is 0 Å². The molecular weight excluding hydrogens is 287 g/mol. The molecular formula is C11H5Cl3FNO. The molecule has 2 aromatic rings. The van der Waals surface area contributed by atoms with Gasteiger partial charge in [0.05, 0.1) is 15.1 Å². The number of nitrogens with zero attached hydrogens (tertiary/aromatic N) is 1. The number of rotatable bonds is 2. The maximum atomic E-state index is 12.8. The number of aromatic nitrogens is 1. The maximum absolute atomic E-state index is 12.8. The van der Waals surface area contributed by atoms with Crippen LogP contribution >= 0.6 is 34.8 Å².